The third-order valence-electron chi connectivity index (χ3n) is 3.80. The maximum Gasteiger partial charge on any atom is 0.308 e. The van der Waals surface area contributed by atoms with Gasteiger partial charge in [0, 0.05) is 30.0 Å². The minimum Gasteiger partial charge on any atom is -0.481 e. The minimum atomic E-state index is -0.964. The molecular formula is C17H17NO5S. The molecule has 1 aromatic heterocycles. The number of thiophene rings is 1. The number of anilines is 1. The Kier molecular flexibility index (Phi) is 4.19. The van der Waals surface area contributed by atoms with Gasteiger partial charge in [0.05, 0.1) is 12.0 Å². The van der Waals surface area contributed by atoms with Crippen molar-refractivity contribution in [2.45, 2.75) is 32.5 Å². The fourth-order valence-corrected chi connectivity index (χ4v) is 3.26. The molecule has 1 unspecified atom stereocenters. The molecule has 126 valence electrons. The number of carbonyl (C=O) groups is 2. The van der Waals surface area contributed by atoms with Crippen LogP contribution in [0.5, 0.6) is 11.5 Å². The molecule has 1 atom stereocenters. The Labute approximate surface area is 143 Å². The molecule has 0 saturated heterocycles. The predicted molar refractivity (Wildman–Crippen MR) is 90.0 cm³/mol. The fraction of sp³-hybridized carbons (Fsp3) is 0.294. The van der Waals surface area contributed by atoms with Gasteiger partial charge in [-0.1, -0.05) is 6.92 Å². The quantitative estimate of drug-likeness (QED) is 0.864. The first-order valence-electron chi connectivity index (χ1n) is 7.52. The lowest BCUT2D eigenvalue weighted by atomic mass is 10.2. The topological polar surface area (TPSA) is 84.9 Å². The van der Waals surface area contributed by atoms with E-state index in [1.807, 2.05) is 13.8 Å². The molecule has 0 saturated carbocycles. The molecule has 0 fully saturated rings. The second-order valence-corrected chi connectivity index (χ2v) is 6.64. The third-order valence-corrected chi connectivity index (χ3v) is 4.72. The van der Waals surface area contributed by atoms with Gasteiger partial charge in [0.1, 0.15) is 0 Å². The molecule has 2 heterocycles. The summed E-state index contributed by atoms with van der Waals surface area (Å²) >= 11 is 1.25. The van der Waals surface area contributed by atoms with Crippen molar-refractivity contribution >= 4 is 28.9 Å². The van der Waals surface area contributed by atoms with Crippen molar-refractivity contribution in [3.63, 3.8) is 0 Å². The summed E-state index contributed by atoms with van der Waals surface area (Å²) in [5, 5.41) is 13.4. The van der Waals surface area contributed by atoms with Gasteiger partial charge in [-0.3, -0.25) is 9.59 Å². The molecule has 3 rings (SSSR count). The number of ether oxygens (including phenoxy) is 2. The highest BCUT2D eigenvalue weighted by molar-refractivity contribution is 7.10. The first-order chi connectivity index (χ1) is 11.4. The standard InChI is InChI=1S/C17H17NO5S/c1-3-17(2)22-12-5-4-10(8-13(12)23-17)18-16(21)11-6-7-24-14(11)9-15(19)20/h4-8H,3,9H2,1-2H3,(H,18,21)(H,19,20). The van der Waals surface area contributed by atoms with E-state index >= 15 is 0 Å². The number of hydrogen-bond acceptors (Lipinski definition) is 5. The maximum atomic E-state index is 12.4. The third kappa shape index (κ3) is 3.21. The van der Waals surface area contributed by atoms with Gasteiger partial charge in [0.25, 0.3) is 5.91 Å². The highest BCUT2D eigenvalue weighted by Gasteiger charge is 2.35. The van der Waals surface area contributed by atoms with Crippen LogP contribution < -0.4 is 14.8 Å². The molecule has 1 aliphatic heterocycles. The summed E-state index contributed by atoms with van der Waals surface area (Å²) in [6, 6.07) is 6.80. The maximum absolute atomic E-state index is 12.4. The molecule has 1 amide bonds. The Morgan fingerprint density at radius 1 is 1.25 bits per heavy atom. The molecule has 1 aliphatic rings. The van der Waals surface area contributed by atoms with Crippen molar-refractivity contribution in [2.75, 3.05) is 5.32 Å². The molecule has 0 bridgehead atoms. The normalized spacial score (nSPS) is 18.4. The molecule has 1 aromatic carbocycles. The molecule has 0 radical (unpaired) electrons. The zero-order valence-electron chi connectivity index (χ0n) is 13.3. The van der Waals surface area contributed by atoms with Crippen LogP contribution in [0.15, 0.2) is 29.6 Å². The summed E-state index contributed by atoms with van der Waals surface area (Å²) in [7, 11) is 0. The average Bonchev–Trinajstić information content (AvgIpc) is 3.10. The lowest BCUT2D eigenvalue weighted by Crippen LogP contribution is -2.33. The van der Waals surface area contributed by atoms with Gasteiger partial charge in [0.2, 0.25) is 5.79 Å². The summed E-state index contributed by atoms with van der Waals surface area (Å²) in [5.74, 6) is -0.779. The largest absolute Gasteiger partial charge is 0.481 e. The number of amides is 1. The van der Waals surface area contributed by atoms with Gasteiger partial charge < -0.3 is 19.9 Å². The molecule has 0 spiro atoms. The molecule has 0 aliphatic carbocycles. The number of fused-ring (bicyclic) bond motifs is 1. The molecule has 7 heteroatoms. The Morgan fingerprint density at radius 3 is 2.71 bits per heavy atom. The number of benzene rings is 1. The first kappa shape index (κ1) is 16.3. The summed E-state index contributed by atoms with van der Waals surface area (Å²) in [6.45, 7) is 3.82. The van der Waals surface area contributed by atoms with Crippen LogP contribution in [0.3, 0.4) is 0 Å². The fourth-order valence-electron chi connectivity index (χ4n) is 2.40. The zero-order chi connectivity index (χ0) is 17.3. The van der Waals surface area contributed by atoms with E-state index in [2.05, 4.69) is 5.32 Å². The van der Waals surface area contributed by atoms with Crippen LogP contribution in [0.4, 0.5) is 5.69 Å². The lowest BCUT2D eigenvalue weighted by Gasteiger charge is -2.20. The summed E-state index contributed by atoms with van der Waals surface area (Å²) in [4.78, 5) is 23.8. The number of carboxylic acid groups (broad SMARTS) is 1. The van der Waals surface area contributed by atoms with Crippen LogP contribution in [0, 0.1) is 0 Å². The van der Waals surface area contributed by atoms with Crippen LogP contribution in [-0.4, -0.2) is 22.8 Å². The number of carboxylic acids is 1. The van der Waals surface area contributed by atoms with E-state index in [1.54, 1.807) is 29.6 Å². The second-order valence-electron chi connectivity index (χ2n) is 5.64. The predicted octanol–water partition coefficient (Wildman–Crippen LogP) is 3.52. The van der Waals surface area contributed by atoms with Crippen molar-refractivity contribution < 1.29 is 24.2 Å². The molecule has 24 heavy (non-hydrogen) atoms. The smallest absolute Gasteiger partial charge is 0.308 e. The van der Waals surface area contributed by atoms with Crippen molar-refractivity contribution in [3.8, 4) is 11.5 Å². The van der Waals surface area contributed by atoms with Gasteiger partial charge >= 0.3 is 5.97 Å². The van der Waals surface area contributed by atoms with Gasteiger partial charge in [0.15, 0.2) is 11.5 Å². The van der Waals surface area contributed by atoms with Crippen LogP contribution in [0.1, 0.15) is 35.5 Å². The molecule has 6 nitrogen and oxygen atoms in total. The summed E-state index contributed by atoms with van der Waals surface area (Å²) in [5.41, 5.74) is 0.939. The Balaban J connectivity index is 1.76. The van der Waals surface area contributed by atoms with Gasteiger partial charge in [-0.25, -0.2) is 0 Å². The average molecular weight is 347 g/mol. The van der Waals surface area contributed by atoms with Crippen LogP contribution in [-0.2, 0) is 11.2 Å². The van der Waals surface area contributed by atoms with E-state index in [9.17, 15) is 9.59 Å². The van der Waals surface area contributed by atoms with E-state index in [4.69, 9.17) is 14.6 Å². The molecular weight excluding hydrogens is 330 g/mol. The summed E-state index contributed by atoms with van der Waals surface area (Å²) in [6.07, 6.45) is 0.521. The van der Waals surface area contributed by atoms with Gasteiger partial charge in [-0.05, 0) is 23.6 Å². The summed E-state index contributed by atoms with van der Waals surface area (Å²) < 4.78 is 11.5. The first-order valence-corrected chi connectivity index (χ1v) is 8.40. The van der Waals surface area contributed by atoms with Crippen LogP contribution >= 0.6 is 11.3 Å². The second kappa shape index (κ2) is 6.16. The van der Waals surface area contributed by atoms with Gasteiger partial charge in [-0.15, -0.1) is 11.3 Å². The Morgan fingerprint density at radius 2 is 2.00 bits per heavy atom. The van der Waals surface area contributed by atoms with E-state index in [-0.39, 0.29) is 12.3 Å². The number of carbonyl (C=O) groups excluding carboxylic acids is 1. The van der Waals surface area contributed by atoms with E-state index < -0.39 is 11.8 Å². The van der Waals surface area contributed by atoms with E-state index in [1.165, 1.54) is 11.3 Å². The highest BCUT2D eigenvalue weighted by atomic mass is 32.1. The van der Waals surface area contributed by atoms with E-state index in [0.29, 0.717) is 34.0 Å². The zero-order valence-corrected chi connectivity index (χ0v) is 14.1. The minimum absolute atomic E-state index is 0.170. The number of aliphatic carboxylic acids is 1. The molecule has 2 aromatic rings. The van der Waals surface area contributed by atoms with Crippen LogP contribution in [0.2, 0.25) is 0 Å². The number of hydrogen-bond donors (Lipinski definition) is 2. The number of nitrogens with one attached hydrogen (secondary N) is 1. The lowest BCUT2D eigenvalue weighted by molar-refractivity contribution is -0.136. The van der Waals surface area contributed by atoms with Crippen molar-refractivity contribution in [2.24, 2.45) is 0 Å². The van der Waals surface area contributed by atoms with Crippen LogP contribution in [0.25, 0.3) is 0 Å². The Hall–Kier alpha value is -2.54. The van der Waals surface area contributed by atoms with Gasteiger partial charge in [-0.2, -0.15) is 0 Å². The van der Waals surface area contributed by atoms with Crippen molar-refractivity contribution in [3.05, 3.63) is 40.1 Å². The van der Waals surface area contributed by atoms with Crippen molar-refractivity contribution in [1.82, 2.24) is 0 Å². The number of rotatable bonds is 5. The molecule has 2 N–H and O–H groups in total. The highest BCUT2D eigenvalue weighted by Crippen LogP contribution is 2.42. The SMILES string of the molecule is CCC1(C)Oc2ccc(NC(=O)c3ccsc3CC(=O)O)cc2O1. The Bertz CT molecular complexity index is 800. The van der Waals surface area contributed by atoms with Crippen molar-refractivity contribution in [1.29, 1.82) is 0 Å². The monoisotopic (exact) mass is 347 g/mol. The van der Waals surface area contributed by atoms with E-state index in [0.717, 1.165) is 0 Å².